The van der Waals surface area contributed by atoms with E-state index in [2.05, 4.69) is 5.32 Å². The zero-order valence-electron chi connectivity index (χ0n) is 12.4. The van der Waals surface area contributed by atoms with Crippen LogP contribution >= 0.6 is 0 Å². The van der Waals surface area contributed by atoms with Crippen LogP contribution in [-0.2, 0) is 9.84 Å². The molecular weight excluding hydrogens is 270 g/mol. The zero-order chi connectivity index (χ0) is 14.6. The lowest BCUT2D eigenvalue weighted by molar-refractivity contribution is 0.466. The number of nitrogens with one attached hydrogen (secondary N) is 1. The van der Waals surface area contributed by atoms with Gasteiger partial charge in [0.25, 0.3) is 0 Å². The van der Waals surface area contributed by atoms with Crippen LogP contribution in [0.2, 0.25) is 0 Å². The summed E-state index contributed by atoms with van der Waals surface area (Å²) in [5, 5.41) is 2.65. The lowest BCUT2D eigenvalue weighted by Gasteiger charge is -2.30. The Labute approximate surface area is 122 Å². The van der Waals surface area contributed by atoms with Crippen molar-refractivity contribution in [1.82, 2.24) is 5.32 Å². The fourth-order valence-corrected chi connectivity index (χ4v) is 5.49. The molecule has 1 saturated carbocycles. The molecule has 0 heterocycles. The minimum Gasteiger partial charge on any atom is -0.312 e. The Hall–Kier alpha value is -0.870. The first-order valence-electron chi connectivity index (χ1n) is 7.52. The van der Waals surface area contributed by atoms with Gasteiger partial charge < -0.3 is 5.32 Å². The molecule has 0 radical (unpaired) electrons. The van der Waals surface area contributed by atoms with Gasteiger partial charge in [-0.25, -0.2) is 8.42 Å². The van der Waals surface area contributed by atoms with E-state index in [1.807, 2.05) is 44.3 Å². The zero-order valence-corrected chi connectivity index (χ0v) is 13.2. The maximum absolute atomic E-state index is 12.8. The summed E-state index contributed by atoms with van der Waals surface area (Å²) in [4.78, 5) is 0. The first-order valence-corrected chi connectivity index (χ1v) is 9.13. The van der Waals surface area contributed by atoms with Gasteiger partial charge in [-0.2, -0.15) is 0 Å². The van der Waals surface area contributed by atoms with Crippen molar-refractivity contribution >= 4 is 9.84 Å². The van der Waals surface area contributed by atoms with Crippen LogP contribution in [0.5, 0.6) is 0 Å². The van der Waals surface area contributed by atoms with Crippen LogP contribution in [0, 0.1) is 0 Å². The average molecular weight is 295 g/mol. The summed E-state index contributed by atoms with van der Waals surface area (Å²) in [6.07, 6.45) is 4.93. The maximum Gasteiger partial charge on any atom is 0.157 e. The number of benzene rings is 1. The topological polar surface area (TPSA) is 46.2 Å². The number of rotatable bonds is 5. The number of hydrogen-bond donors (Lipinski definition) is 1. The fourth-order valence-electron chi connectivity index (χ4n) is 3.22. The fraction of sp³-hybridized carbons (Fsp3) is 0.625. The molecule has 0 amide bonds. The first-order chi connectivity index (χ1) is 9.57. The van der Waals surface area contributed by atoms with Crippen LogP contribution in [0.1, 0.15) is 50.6 Å². The highest BCUT2D eigenvalue weighted by Crippen LogP contribution is 2.31. The van der Waals surface area contributed by atoms with Crippen molar-refractivity contribution in [1.29, 1.82) is 0 Å². The predicted molar refractivity (Wildman–Crippen MR) is 83.5 cm³/mol. The second-order valence-corrected chi connectivity index (χ2v) is 8.32. The van der Waals surface area contributed by atoms with Crippen LogP contribution < -0.4 is 5.32 Å². The standard InChI is InChI=1S/C16H25NO2S/c1-13(16(17-2)14-9-5-3-6-10-14)20(18,19)15-11-7-4-8-12-15/h3,5-6,9-10,13,15-17H,4,7-8,11-12H2,1-2H3. The van der Waals surface area contributed by atoms with Gasteiger partial charge in [-0.1, -0.05) is 49.6 Å². The molecule has 2 atom stereocenters. The minimum atomic E-state index is -3.08. The Morgan fingerprint density at radius 2 is 1.70 bits per heavy atom. The van der Waals surface area contributed by atoms with Crippen LogP contribution in [0.4, 0.5) is 0 Å². The summed E-state index contributed by atoms with van der Waals surface area (Å²) in [6, 6.07) is 9.72. The molecule has 1 aromatic carbocycles. The van der Waals surface area contributed by atoms with E-state index in [1.165, 1.54) is 6.42 Å². The van der Waals surface area contributed by atoms with E-state index >= 15 is 0 Å². The molecule has 0 aliphatic heterocycles. The molecule has 112 valence electrons. The van der Waals surface area contributed by atoms with Crippen molar-refractivity contribution in [2.45, 2.75) is 55.6 Å². The van der Waals surface area contributed by atoms with E-state index in [1.54, 1.807) is 0 Å². The van der Waals surface area contributed by atoms with E-state index in [0.717, 1.165) is 31.2 Å². The molecule has 0 aromatic heterocycles. The van der Waals surface area contributed by atoms with Crippen LogP contribution in [0.15, 0.2) is 30.3 Å². The highest BCUT2D eigenvalue weighted by Gasteiger charge is 2.36. The molecule has 4 heteroatoms. The van der Waals surface area contributed by atoms with Crippen LogP contribution in [0.3, 0.4) is 0 Å². The van der Waals surface area contributed by atoms with Gasteiger partial charge in [-0.3, -0.25) is 0 Å². The highest BCUT2D eigenvalue weighted by atomic mass is 32.2. The van der Waals surface area contributed by atoms with Crippen molar-refractivity contribution < 1.29 is 8.42 Å². The van der Waals surface area contributed by atoms with Crippen molar-refractivity contribution in [3.05, 3.63) is 35.9 Å². The Morgan fingerprint density at radius 3 is 2.25 bits per heavy atom. The number of sulfone groups is 1. The molecule has 1 aliphatic rings. The van der Waals surface area contributed by atoms with E-state index in [0.29, 0.717) is 0 Å². The molecule has 1 fully saturated rings. The SMILES string of the molecule is CNC(c1ccccc1)C(C)S(=O)(=O)C1CCCCC1. The third-order valence-electron chi connectivity index (χ3n) is 4.47. The monoisotopic (exact) mass is 295 g/mol. The van der Waals surface area contributed by atoms with Crippen molar-refractivity contribution in [2.24, 2.45) is 0 Å². The Balaban J connectivity index is 2.21. The molecule has 2 unspecified atom stereocenters. The Kier molecular flexibility index (Phi) is 5.22. The lowest BCUT2D eigenvalue weighted by atomic mass is 10.0. The highest BCUT2D eigenvalue weighted by molar-refractivity contribution is 7.92. The summed E-state index contributed by atoms with van der Waals surface area (Å²) in [5.74, 6) is 0. The minimum absolute atomic E-state index is 0.136. The van der Waals surface area contributed by atoms with E-state index in [4.69, 9.17) is 0 Å². The summed E-state index contributed by atoms with van der Waals surface area (Å²) >= 11 is 0. The Bertz CT molecular complexity index is 507. The first kappa shape index (κ1) is 15.5. The van der Waals surface area contributed by atoms with Gasteiger partial charge in [0.15, 0.2) is 9.84 Å². The largest absolute Gasteiger partial charge is 0.312 e. The van der Waals surface area contributed by atoms with Gasteiger partial charge in [0.1, 0.15) is 0 Å². The molecule has 20 heavy (non-hydrogen) atoms. The van der Waals surface area contributed by atoms with E-state index in [9.17, 15) is 8.42 Å². The molecule has 2 rings (SSSR count). The van der Waals surface area contributed by atoms with Gasteiger partial charge >= 0.3 is 0 Å². The second-order valence-electron chi connectivity index (χ2n) is 5.73. The lowest BCUT2D eigenvalue weighted by Crippen LogP contribution is -2.39. The molecule has 1 N–H and O–H groups in total. The van der Waals surface area contributed by atoms with E-state index < -0.39 is 15.1 Å². The molecule has 0 saturated heterocycles. The molecular formula is C16H25NO2S. The van der Waals surface area contributed by atoms with Gasteiger partial charge in [-0.05, 0) is 32.4 Å². The van der Waals surface area contributed by atoms with Gasteiger partial charge in [-0.15, -0.1) is 0 Å². The smallest absolute Gasteiger partial charge is 0.157 e. The second kappa shape index (κ2) is 6.72. The van der Waals surface area contributed by atoms with Crippen LogP contribution in [0.25, 0.3) is 0 Å². The normalized spacial score (nSPS) is 20.5. The molecule has 1 aliphatic carbocycles. The number of hydrogen-bond acceptors (Lipinski definition) is 3. The van der Waals surface area contributed by atoms with Crippen LogP contribution in [-0.4, -0.2) is 26.0 Å². The molecule has 3 nitrogen and oxygen atoms in total. The predicted octanol–water partition coefficient (Wildman–Crippen LogP) is 3.08. The third kappa shape index (κ3) is 3.23. The summed E-state index contributed by atoms with van der Waals surface area (Å²) in [7, 11) is -1.25. The third-order valence-corrected chi connectivity index (χ3v) is 7.18. The van der Waals surface area contributed by atoms with Crippen molar-refractivity contribution in [2.75, 3.05) is 7.05 Å². The molecule has 1 aromatic rings. The molecule has 0 spiro atoms. The average Bonchev–Trinajstić information content (AvgIpc) is 2.50. The quantitative estimate of drug-likeness (QED) is 0.908. The maximum atomic E-state index is 12.8. The van der Waals surface area contributed by atoms with Crippen molar-refractivity contribution in [3.8, 4) is 0 Å². The Morgan fingerprint density at radius 1 is 1.10 bits per heavy atom. The molecule has 0 bridgehead atoms. The summed E-state index contributed by atoms with van der Waals surface area (Å²) in [6.45, 7) is 1.85. The van der Waals surface area contributed by atoms with Gasteiger partial charge in [0.2, 0.25) is 0 Å². The summed E-state index contributed by atoms with van der Waals surface area (Å²) < 4.78 is 25.6. The van der Waals surface area contributed by atoms with Crippen molar-refractivity contribution in [3.63, 3.8) is 0 Å². The van der Waals surface area contributed by atoms with E-state index in [-0.39, 0.29) is 11.3 Å². The van der Waals surface area contributed by atoms with Gasteiger partial charge in [0.05, 0.1) is 10.5 Å². The summed E-state index contributed by atoms with van der Waals surface area (Å²) in [5.41, 5.74) is 1.04. The van der Waals surface area contributed by atoms with Gasteiger partial charge in [0, 0.05) is 6.04 Å².